The summed E-state index contributed by atoms with van der Waals surface area (Å²) in [7, 11) is 3.20. The molecule has 0 unspecified atom stereocenters. The normalized spacial score (nSPS) is 28.0. The summed E-state index contributed by atoms with van der Waals surface area (Å²) in [4.78, 5) is 28.3. The first-order chi connectivity index (χ1) is 15.0. The van der Waals surface area contributed by atoms with Crippen molar-refractivity contribution in [1.82, 2.24) is 5.32 Å². The van der Waals surface area contributed by atoms with Crippen LogP contribution in [0.1, 0.15) is 5.56 Å². The van der Waals surface area contributed by atoms with Gasteiger partial charge in [-0.2, -0.15) is 0 Å². The minimum atomic E-state index is -0.761. The Morgan fingerprint density at radius 1 is 1.16 bits per heavy atom. The van der Waals surface area contributed by atoms with E-state index in [1.165, 1.54) is 0 Å². The molecular formula is C24H24N2O5. The molecule has 4 atom stereocenters. The molecule has 3 heterocycles. The van der Waals surface area contributed by atoms with Crippen molar-refractivity contribution in [2.75, 3.05) is 25.7 Å². The lowest BCUT2D eigenvalue weighted by molar-refractivity contribution is -0.132. The summed E-state index contributed by atoms with van der Waals surface area (Å²) >= 11 is 0. The Labute approximate surface area is 180 Å². The molecule has 31 heavy (non-hydrogen) atoms. The van der Waals surface area contributed by atoms with Crippen LogP contribution in [0.3, 0.4) is 0 Å². The van der Waals surface area contributed by atoms with Gasteiger partial charge in [-0.3, -0.25) is 9.59 Å². The summed E-state index contributed by atoms with van der Waals surface area (Å²) in [6.07, 6.45) is 3.48. The van der Waals surface area contributed by atoms with Crippen molar-refractivity contribution >= 4 is 17.5 Å². The Hall–Kier alpha value is -3.32. The molecule has 160 valence electrons. The Bertz CT molecular complexity index is 1070. The number of carbonyl (C=O) groups excluding carboxylic acids is 2. The molecule has 0 radical (unpaired) electrons. The van der Waals surface area contributed by atoms with E-state index < -0.39 is 17.4 Å². The van der Waals surface area contributed by atoms with Gasteiger partial charge in [-0.15, -0.1) is 0 Å². The van der Waals surface area contributed by atoms with Crippen molar-refractivity contribution < 1.29 is 23.8 Å². The van der Waals surface area contributed by atoms with Crippen molar-refractivity contribution in [3.05, 3.63) is 66.2 Å². The molecule has 0 aliphatic carbocycles. The second-order valence-corrected chi connectivity index (χ2v) is 8.10. The monoisotopic (exact) mass is 420 g/mol. The lowest BCUT2D eigenvalue weighted by atomic mass is 9.77. The highest BCUT2D eigenvalue weighted by Gasteiger charge is 2.67. The highest BCUT2D eigenvalue weighted by atomic mass is 16.5. The van der Waals surface area contributed by atoms with Crippen LogP contribution in [0.25, 0.3) is 0 Å². The van der Waals surface area contributed by atoms with Gasteiger partial charge < -0.3 is 24.4 Å². The molecule has 2 amide bonds. The van der Waals surface area contributed by atoms with E-state index in [-0.39, 0.29) is 17.9 Å². The quantitative estimate of drug-likeness (QED) is 0.726. The van der Waals surface area contributed by atoms with Crippen LogP contribution < -0.4 is 19.7 Å². The lowest BCUT2D eigenvalue weighted by Crippen LogP contribution is -2.43. The van der Waals surface area contributed by atoms with Crippen LogP contribution in [0.15, 0.2) is 60.7 Å². The minimum Gasteiger partial charge on any atom is -0.497 e. The summed E-state index contributed by atoms with van der Waals surface area (Å²) < 4.78 is 16.7. The van der Waals surface area contributed by atoms with E-state index in [4.69, 9.17) is 14.2 Å². The Morgan fingerprint density at radius 2 is 1.90 bits per heavy atom. The van der Waals surface area contributed by atoms with Crippen LogP contribution in [0.4, 0.5) is 5.69 Å². The van der Waals surface area contributed by atoms with Crippen LogP contribution in [-0.2, 0) is 20.9 Å². The van der Waals surface area contributed by atoms with Gasteiger partial charge in [0.1, 0.15) is 17.1 Å². The van der Waals surface area contributed by atoms with Crippen LogP contribution in [-0.4, -0.2) is 44.3 Å². The number of hydrogen-bond acceptors (Lipinski definition) is 5. The standard InChI is InChI=1S/C24H24N2O5/c1-29-17-7-3-5-15(11-17)13-25-22(27)20-19-9-10-24(31-19)14-26(23(28)21(20)24)16-6-4-8-18(12-16)30-2/h3-12,19-21H,13-14H2,1-2H3,(H,25,27)/t19-,20+,21+,24+/m0/s1. The van der Waals surface area contributed by atoms with Crippen LogP contribution in [0.2, 0.25) is 0 Å². The van der Waals surface area contributed by atoms with E-state index in [9.17, 15) is 9.59 Å². The Morgan fingerprint density at radius 3 is 2.68 bits per heavy atom. The fraction of sp³-hybridized carbons (Fsp3) is 0.333. The minimum absolute atomic E-state index is 0.0957. The summed E-state index contributed by atoms with van der Waals surface area (Å²) in [6, 6.07) is 14.9. The average molecular weight is 420 g/mol. The summed E-state index contributed by atoms with van der Waals surface area (Å²) in [5, 5.41) is 2.98. The number of nitrogens with one attached hydrogen (secondary N) is 1. The topological polar surface area (TPSA) is 77.1 Å². The van der Waals surface area contributed by atoms with Crippen LogP contribution in [0.5, 0.6) is 11.5 Å². The molecule has 2 bridgehead atoms. The second kappa shape index (κ2) is 7.42. The number of methoxy groups -OCH3 is 2. The third kappa shape index (κ3) is 3.16. The molecule has 5 rings (SSSR count). The number of ether oxygens (including phenoxy) is 3. The van der Waals surface area contributed by atoms with Gasteiger partial charge in [0.15, 0.2) is 0 Å². The molecule has 1 spiro atoms. The fourth-order valence-corrected chi connectivity index (χ4v) is 4.88. The molecule has 0 aromatic heterocycles. The molecule has 2 fully saturated rings. The van der Waals surface area contributed by atoms with Gasteiger partial charge >= 0.3 is 0 Å². The van der Waals surface area contributed by atoms with E-state index in [0.717, 1.165) is 17.0 Å². The number of benzene rings is 2. The zero-order chi connectivity index (χ0) is 21.6. The van der Waals surface area contributed by atoms with Gasteiger partial charge in [0.25, 0.3) is 0 Å². The van der Waals surface area contributed by atoms with E-state index in [1.807, 2.05) is 60.7 Å². The smallest absolute Gasteiger partial charge is 0.234 e. The lowest BCUT2D eigenvalue weighted by Gasteiger charge is -2.23. The second-order valence-electron chi connectivity index (χ2n) is 8.10. The van der Waals surface area contributed by atoms with Crippen molar-refractivity contribution in [1.29, 1.82) is 0 Å². The van der Waals surface area contributed by atoms with Crippen molar-refractivity contribution in [2.45, 2.75) is 18.2 Å². The number of hydrogen-bond donors (Lipinski definition) is 1. The maximum atomic E-state index is 13.4. The number of nitrogens with zero attached hydrogens (tertiary/aromatic N) is 1. The first-order valence-corrected chi connectivity index (χ1v) is 10.3. The summed E-state index contributed by atoms with van der Waals surface area (Å²) in [5.41, 5.74) is 0.907. The molecule has 3 aliphatic rings. The zero-order valence-corrected chi connectivity index (χ0v) is 17.4. The molecule has 3 aliphatic heterocycles. The molecule has 2 aromatic carbocycles. The molecule has 7 heteroatoms. The Kier molecular flexibility index (Phi) is 4.70. The number of amides is 2. The van der Waals surface area contributed by atoms with Crippen LogP contribution >= 0.6 is 0 Å². The van der Waals surface area contributed by atoms with Gasteiger partial charge in [0.2, 0.25) is 11.8 Å². The third-order valence-electron chi connectivity index (χ3n) is 6.37. The zero-order valence-electron chi connectivity index (χ0n) is 17.4. The number of rotatable bonds is 6. The predicted octanol–water partition coefficient (Wildman–Crippen LogP) is 2.31. The fourth-order valence-electron chi connectivity index (χ4n) is 4.88. The van der Waals surface area contributed by atoms with Crippen molar-refractivity contribution in [3.63, 3.8) is 0 Å². The largest absolute Gasteiger partial charge is 0.497 e. The predicted molar refractivity (Wildman–Crippen MR) is 114 cm³/mol. The first-order valence-electron chi connectivity index (χ1n) is 10.3. The number of anilines is 1. The molecule has 2 saturated heterocycles. The van der Waals surface area contributed by atoms with Gasteiger partial charge in [0, 0.05) is 18.3 Å². The third-order valence-corrected chi connectivity index (χ3v) is 6.37. The van der Waals surface area contributed by atoms with Gasteiger partial charge in [0.05, 0.1) is 38.7 Å². The molecular weight excluding hydrogens is 396 g/mol. The molecule has 2 aromatic rings. The highest BCUT2D eigenvalue weighted by molar-refractivity contribution is 6.03. The summed E-state index contributed by atoms with van der Waals surface area (Å²) in [6.45, 7) is 0.743. The maximum Gasteiger partial charge on any atom is 0.234 e. The van der Waals surface area contributed by atoms with E-state index >= 15 is 0 Å². The van der Waals surface area contributed by atoms with Crippen molar-refractivity contribution in [3.8, 4) is 11.5 Å². The average Bonchev–Trinajstić information content (AvgIpc) is 3.46. The number of fused-ring (bicyclic) bond motifs is 1. The van der Waals surface area contributed by atoms with E-state index in [2.05, 4.69) is 5.32 Å². The first kappa shape index (κ1) is 19.6. The van der Waals surface area contributed by atoms with Crippen LogP contribution in [0, 0.1) is 11.8 Å². The Balaban J connectivity index is 1.36. The summed E-state index contributed by atoms with van der Waals surface area (Å²) in [5.74, 6) is 0.0363. The maximum absolute atomic E-state index is 13.4. The molecule has 7 nitrogen and oxygen atoms in total. The highest BCUT2D eigenvalue weighted by Crippen LogP contribution is 2.52. The van der Waals surface area contributed by atoms with E-state index in [1.54, 1.807) is 19.1 Å². The van der Waals surface area contributed by atoms with Gasteiger partial charge in [-0.25, -0.2) is 0 Å². The molecule has 1 N–H and O–H groups in total. The van der Waals surface area contributed by atoms with Gasteiger partial charge in [-0.05, 0) is 29.8 Å². The number of carbonyl (C=O) groups is 2. The SMILES string of the molecule is COc1cccc(CNC(=O)[C@@H]2[C@@H]3C=C[C@]4(CN(c5cccc(OC)c5)C(=O)[C@@H]24)O3)c1. The van der Waals surface area contributed by atoms with Gasteiger partial charge in [-0.1, -0.05) is 30.4 Å². The molecule has 0 saturated carbocycles. The van der Waals surface area contributed by atoms with Crippen molar-refractivity contribution in [2.24, 2.45) is 11.8 Å². The van der Waals surface area contributed by atoms with E-state index in [0.29, 0.717) is 18.8 Å².